The first-order valence-corrected chi connectivity index (χ1v) is 8.20. The molecule has 0 unspecified atom stereocenters. The summed E-state index contributed by atoms with van der Waals surface area (Å²) in [5, 5.41) is 7.04. The molecule has 2 aliphatic rings. The van der Waals surface area contributed by atoms with Crippen molar-refractivity contribution in [3.8, 4) is 0 Å². The molecule has 1 atom stereocenters. The number of aromatic nitrogens is 2. The third kappa shape index (κ3) is 3.47. The van der Waals surface area contributed by atoms with Gasteiger partial charge < -0.3 is 14.6 Å². The van der Waals surface area contributed by atoms with Gasteiger partial charge in [-0.15, -0.1) is 0 Å². The highest BCUT2D eigenvalue weighted by atomic mass is 16.5. The summed E-state index contributed by atoms with van der Waals surface area (Å²) in [5.74, 6) is 1.82. The van der Waals surface area contributed by atoms with Gasteiger partial charge in [0.25, 0.3) is 0 Å². The zero-order chi connectivity index (χ0) is 15.4. The van der Waals surface area contributed by atoms with Crippen LogP contribution in [0.4, 0.5) is 0 Å². The molecule has 1 aromatic rings. The molecule has 2 fully saturated rings. The van der Waals surface area contributed by atoms with Gasteiger partial charge >= 0.3 is 0 Å². The van der Waals surface area contributed by atoms with E-state index >= 15 is 0 Å². The number of carbonyl (C=O) groups excluding carboxylic acids is 1. The van der Waals surface area contributed by atoms with Crippen LogP contribution in [0.5, 0.6) is 0 Å². The van der Waals surface area contributed by atoms with Crippen LogP contribution in [0.1, 0.15) is 50.2 Å². The minimum absolute atomic E-state index is 0.0798. The van der Waals surface area contributed by atoms with Crippen molar-refractivity contribution in [3.63, 3.8) is 0 Å². The van der Waals surface area contributed by atoms with Crippen molar-refractivity contribution in [2.24, 2.45) is 0 Å². The molecule has 0 saturated carbocycles. The number of amides is 1. The van der Waals surface area contributed by atoms with E-state index in [0.717, 1.165) is 45.4 Å². The summed E-state index contributed by atoms with van der Waals surface area (Å²) in [6.07, 6.45) is 3.71. The number of rotatable bonds is 5. The van der Waals surface area contributed by atoms with Gasteiger partial charge in [0, 0.05) is 32.2 Å². The fourth-order valence-corrected chi connectivity index (χ4v) is 3.16. The molecule has 0 radical (unpaired) electrons. The van der Waals surface area contributed by atoms with Crippen molar-refractivity contribution in [1.82, 2.24) is 20.4 Å². The molecule has 1 N–H and O–H groups in total. The molecule has 2 saturated heterocycles. The first-order chi connectivity index (χ1) is 10.8. The van der Waals surface area contributed by atoms with Crippen molar-refractivity contribution >= 4 is 5.91 Å². The number of nitrogens with one attached hydrogen (secondary N) is 1. The summed E-state index contributed by atoms with van der Waals surface area (Å²) in [6.45, 7) is 5.70. The molecule has 3 heterocycles. The molecule has 3 rings (SSSR count). The van der Waals surface area contributed by atoms with Crippen molar-refractivity contribution < 1.29 is 14.1 Å². The van der Waals surface area contributed by atoms with Crippen molar-refractivity contribution in [2.75, 3.05) is 26.3 Å². The Morgan fingerprint density at radius 2 is 2.18 bits per heavy atom. The van der Waals surface area contributed by atoms with E-state index in [2.05, 4.69) is 27.3 Å². The molecule has 0 bridgehead atoms. The van der Waals surface area contributed by atoms with E-state index in [0.29, 0.717) is 30.7 Å². The quantitative estimate of drug-likeness (QED) is 0.876. The maximum atomic E-state index is 12.0. The normalized spacial score (nSPS) is 24.4. The molecule has 1 aromatic heterocycles. The maximum Gasteiger partial charge on any atom is 0.237 e. The van der Waals surface area contributed by atoms with Crippen LogP contribution >= 0.6 is 0 Å². The monoisotopic (exact) mass is 308 g/mol. The third-order valence-electron chi connectivity index (χ3n) is 4.40. The lowest BCUT2D eigenvalue weighted by Gasteiger charge is -2.33. The lowest BCUT2D eigenvalue weighted by Crippen LogP contribution is -2.54. The van der Waals surface area contributed by atoms with Gasteiger partial charge in [-0.2, -0.15) is 4.98 Å². The van der Waals surface area contributed by atoms with Gasteiger partial charge in [0.05, 0.1) is 12.6 Å². The lowest BCUT2D eigenvalue weighted by molar-refractivity contribution is -0.129. The summed E-state index contributed by atoms with van der Waals surface area (Å²) in [7, 11) is 0. The van der Waals surface area contributed by atoms with E-state index in [1.807, 2.05) is 0 Å². The summed E-state index contributed by atoms with van der Waals surface area (Å²) >= 11 is 0. The molecule has 22 heavy (non-hydrogen) atoms. The lowest BCUT2D eigenvalue weighted by atomic mass is 10.0. The molecular weight excluding hydrogens is 284 g/mol. The molecular formula is C15H24N4O3. The summed E-state index contributed by atoms with van der Waals surface area (Å²) in [6, 6.07) is -0.0798. The second kappa shape index (κ2) is 7.19. The Morgan fingerprint density at radius 1 is 1.36 bits per heavy atom. The average molecular weight is 308 g/mol. The summed E-state index contributed by atoms with van der Waals surface area (Å²) < 4.78 is 10.8. The van der Waals surface area contributed by atoms with Crippen LogP contribution in [0, 0.1) is 0 Å². The fourth-order valence-electron chi connectivity index (χ4n) is 3.16. The minimum Gasteiger partial charge on any atom is -0.381 e. The van der Waals surface area contributed by atoms with E-state index in [1.54, 1.807) is 0 Å². The molecule has 7 nitrogen and oxygen atoms in total. The Hall–Kier alpha value is -1.47. The molecule has 2 aliphatic heterocycles. The molecule has 122 valence electrons. The summed E-state index contributed by atoms with van der Waals surface area (Å²) in [4.78, 5) is 18.7. The van der Waals surface area contributed by atoms with E-state index in [1.165, 1.54) is 0 Å². The second-order valence-corrected chi connectivity index (χ2v) is 6.00. The first kappa shape index (κ1) is 15.4. The van der Waals surface area contributed by atoms with E-state index < -0.39 is 0 Å². The summed E-state index contributed by atoms with van der Waals surface area (Å²) in [5.41, 5.74) is 0. The van der Waals surface area contributed by atoms with Gasteiger partial charge in [-0.05, 0) is 19.3 Å². The zero-order valence-electron chi connectivity index (χ0n) is 13.1. The predicted octanol–water partition coefficient (Wildman–Crippen LogP) is 1.06. The molecule has 0 spiro atoms. The topological polar surface area (TPSA) is 80.5 Å². The smallest absolute Gasteiger partial charge is 0.237 e. The highest BCUT2D eigenvalue weighted by Gasteiger charge is 2.30. The van der Waals surface area contributed by atoms with E-state index in [9.17, 15) is 4.79 Å². The predicted molar refractivity (Wildman–Crippen MR) is 79.2 cm³/mol. The Labute approximate surface area is 130 Å². The Bertz CT molecular complexity index is 499. The van der Waals surface area contributed by atoms with Gasteiger partial charge in [-0.1, -0.05) is 18.5 Å². The molecule has 7 heteroatoms. The first-order valence-electron chi connectivity index (χ1n) is 8.20. The van der Waals surface area contributed by atoms with Gasteiger partial charge in [0.2, 0.25) is 11.8 Å². The fraction of sp³-hybridized carbons (Fsp3) is 0.800. The van der Waals surface area contributed by atoms with Gasteiger partial charge in [0.1, 0.15) is 0 Å². The Morgan fingerprint density at radius 3 is 2.95 bits per heavy atom. The molecule has 0 aliphatic carbocycles. The van der Waals surface area contributed by atoms with Crippen LogP contribution in [0.3, 0.4) is 0 Å². The number of ether oxygens (including phenoxy) is 1. The largest absolute Gasteiger partial charge is 0.381 e. The number of hydrogen-bond donors (Lipinski definition) is 1. The second-order valence-electron chi connectivity index (χ2n) is 6.00. The molecule has 0 aromatic carbocycles. The number of piperazine rings is 1. The van der Waals surface area contributed by atoms with Gasteiger partial charge in [-0.3, -0.25) is 9.69 Å². The van der Waals surface area contributed by atoms with Crippen molar-refractivity contribution in [3.05, 3.63) is 11.7 Å². The van der Waals surface area contributed by atoms with Crippen LogP contribution in [0.15, 0.2) is 4.52 Å². The minimum atomic E-state index is -0.0798. The Balaban J connectivity index is 1.64. The third-order valence-corrected chi connectivity index (χ3v) is 4.40. The Kier molecular flexibility index (Phi) is 5.04. The van der Waals surface area contributed by atoms with Crippen LogP contribution in [-0.2, 0) is 16.1 Å². The highest BCUT2D eigenvalue weighted by Crippen LogP contribution is 2.25. The van der Waals surface area contributed by atoms with Crippen LogP contribution in [-0.4, -0.2) is 53.3 Å². The van der Waals surface area contributed by atoms with Crippen molar-refractivity contribution in [1.29, 1.82) is 0 Å². The van der Waals surface area contributed by atoms with Crippen LogP contribution in [0.2, 0.25) is 0 Å². The highest BCUT2D eigenvalue weighted by molar-refractivity contribution is 5.82. The van der Waals surface area contributed by atoms with Crippen LogP contribution < -0.4 is 5.32 Å². The van der Waals surface area contributed by atoms with Gasteiger partial charge in [0.15, 0.2) is 5.82 Å². The van der Waals surface area contributed by atoms with Crippen molar-refractivity contribution in [2.45, 2.75) is 51.1 Å². The van der Waals surface area contributed by atoms with Gasteiger partial charge in [-0.25, -0.2) is 0 Å². The van der Waals surface area contributed by atoms with Crippen LogP contribution in [0.25, 0.3) is 0 Å². The maximum absolute atomic E-state index is 12.0. The molecule has 1 amide bonds. The number of carbonyl (C=O) groups is 1. The van der Waals surface area contributed by atoms with E-state index in [-0.39, 0.29) is 11.9 Å². The number of nitrogens with zero attached hydrogens (tertiary/aromatic N) is 3. The standard InChI is InChI=1S/C15H24N4O3/c1-2-3-12-14(20)16-6-7-19(12)10-13-17-15(22-18-13)11-4-8-21-9-5-11/h11-12H,2-10H2,1H3,(H,16,20)/t12-/m1/s1. The van der Waals surface area contributed by atoms with E-state index in [4.69, 9.17) is 9.26 Å². The number of hydrogen-bond acceptors (Lipinski definition) is 6. The SMILES string of the molecule is CCC[C@@H]1C(=O)NCCN1Cc1noc(C2CCOCC2)n1. The average Bonchev–Trinajstić information content (AvgIpc) is 3.00. The zero-order valence-corrected chi connectivity index (χ0v) is 13.1.